The second kappa shape index (κ2) is 5.73. The van der Waals surface area contributed by atoms with Gasteiger partial charge in [-0.3, -0.25) is 5.10 Å². The third-order valence-electron chi connectivity index (χ3n) is 3.43. The first-order valence-electron chi connectivity index (χ1n) is 6.70. The molecular weight excluding hydrogens is 280 g/mol. The Hall–Kier alpha value is -3.08. The summed E-state index contributed by atoms with van der Waals surface area (Å²) in [4.78, 5) is 11.2. The highest BCUT2D eigenvalue weighted by atomic mass is 16.5. The zero-order valence-corrected chi connectivity index (χ0v) is 11.9. The van der Waals surface area contributed by atoms with Crippen molar-refractivity contribution in [2.24, 2.45) is 0 Å². The predicted molar refractivity (Wildman–Crippen MR) is 83.0 cm³/mol. The van der Waals surface area contributed by atoms with Crippen LogP contribution in [-0.2, 0) is 0 Å². The lowest BCUT2D eigenvalue weighted by Gasteiger charge is -2.11. The number of carboxylic acid groups (broad SMARTS) is 1. The van der Waals surface area contributed by atoms with Gasteiger partial charge in [-0.15, -0.1) is 0 Å². The lowest BCUT2D eigenvalue weighted by molar-refractivity contribution is 0.0697. The molecule has 0 bridgehead atoms. The fourth-order valence-electron chi connectivity index (χ4n) is 2.34. The predicted octanol–water partition coefficient (Wildman–Crippen LogP) is 3.45. The van der Waals surface area contributed by atoms with E-state index in [0.717, 1.165) is 22.4 Å². The maximum atomic E-state index is 11.2. The van der Waals surface area contributed by atoms with E-state index in [1.54, 1.807) is 25.4 Å². The largest absolute Gasteiger partial charge is 0.496 e. The van der Waals surface area contributed by atoms with Crippen LogP contribution < -0.4 is 4.74 Å². The van der Waals surface area contributed by atoms with E-state index in [9.17, 15) is 9.90 Å². The Kier molecular flexibility index (Phi) is 3.62. The fourth-order valence-corrected chi connectivity index (χ4v) is 2.34. The van der Waals surface area contributed by atoms with Crippen LogP contribution in [0.4, 0.5) is 0 Å². The molecule has 0 aliphatic carbocycles. The molecule has 0 fully saturated rings. The summed E-state index contributed by atoms with van der Waals surface area (Å²) in [5.41, 5.74) is 3.71. The Bertz CT molecular complexity index is 811. The van der Waals surface area contributed by atoms with Gasteiger partial charge in [-0.1, -0.05) is 18.2 Å². The van der Waals surface area contributed by atoms with Gasteiger partial charge in [0.1, 0.15) is 5.75 Å². The van der Waals surface area contributed by atoms with Crippen molar-refractivity contribution in [3.63, 3.8) is 0 Å². The van der Waals surface area contributed by atoms with Crippen LogP contribution in [0.1, 0.15) is 10.4 Å². The average Bonchev–Trinajstić information content (AvgIpc) is 3.09. The summed E-state index contributed by atoms with van der Waals surface area (Å²) in [6.07, 6.45) is 1.69. The van der Waals surface area contributed by atoms with Gasteiger partial charge in [0.05, 0.1) is 18.4 Å². The Morgan fingerprint density at radius 3 is 2.64 bits per heavy atom. The normalized spacial score (nSPS) is 10.4. The standard InChI is InChI=1S/C17H14N2O3/c1-22-16-6-5-13(17(20)21)10-14(16)11-3-2-4-12(9-11)15-7-8-18-19-15/h2-10H,1H3,(H,18,19)(H,20,21). The van der Waals surface area contributed by atoms with Crippen LogP contribution in [0, 0.1) is 0 Å². The summed E-state index contributed by atoms with van der Waals surface area (Å²) >= 11 is 0. The summed E-state index contributed by atoms with van der Waals surface area (Å²) in [5.74, 6) is -0.333. The number of benzene rings is 2. The van der Waals surface area contributed by atoms with Crippen LogP contribution >= 0.6 is 0 Å². The molecule has 0 saturated carbocycles. The number of carboxylic acids is 1. The van der Waals surface area contributed by atoms with Crippen molar-refractivity contribution in [2.45, 2.75) is 0 Å². The number of nitrogens with one attached hydrogen (secondary N) is 1. The molecular formula is C17H14N2O3. The summed E-state index contributed by atoms with van der Waals surface area (Å²) < 4.78 is 5.35. The van der Waals surface area contributed by atoms with E-state index in [1.165, 1.54) is 6.07 Å². The van der Waals surface area contributed by atoms with E-state index in [-0.39, 0.29) is 5.56 Å². The van der Waals surface area contributed by atoms with Crippen LogP contribution in [0.3, 0.4) is 0 Å². The molecule has 1 aromatic heterocycles. The first kappa shape index (κ1) is 13.9. The first-order chi connectivity index (χ1) is 10.7. The summed E-state index contributed by atoms with van der Waals surface area (Å²) in [7, 11) is 1.57. The van der Waals surface area contributed by atoms with Crippen molar-refractivity contribution < 1.29 is 14.6 Å². The fraction of sp³-hybridized carbons (Fsp3) is 0.0588. The average molecular weight is 294 g/mol. The molecule has 110 valence electrons. The Labute approximate surface area is 127 Å². The number of nitrogens with zero attached hydrogens (tertiary/aromatic N) is 1. The van der Waals surface area contributed by atoms with Gasteiger partial charge in [0.2, 0.25) is 0 Å². The van der Waals surface area contributed by atoms with E-state index in [4.69, 9.17) is 4.74 Å². The van der Waals surface area contributed by atoms with E-state index in [2.05, 4.69) is 10.2 Å². The van der Waals surface area contributed by atoms with Crippen molar-refractivity contribution >= 4 is 5.97 Å². The topological polar surface area (TPSA) is 75.2 Å². The number of aromatic carboxylic acids is 1. The van der Waals surface area contributed by atoms with E-state index in [0.29, 0.717) is 5.75 Å². The highest BCUT2D eigenvalue weighted by Crippen LogP contribution is 2.33. The molecule has 5 nitrogen and oxygen atoms in total. The number of hydrogen-bond donors (Lipinski definition) is 2. The highest BCUT2D eigenvalue weighted by molar-refractivity contribution is 5.90. The molecule has 0 unspecified atom stereocenters. The van der Waals surface area contributed by atoms with Crippen molar-refractivity contribution in [3.8, 4) is 28.1 Å². The molecule has 0 spiro atoms. The van der Waals surface area contributed by atoms with Gasteiger partial charge in [-0.2, -0.15) is 5.10 Å². The van der Waals surface area contributed by atoms with Crippen LogP contribution in [0.25, 0.3) is 22.4 Å². The molecule has 2 aromatic carbocycles. The number of aromatic amines is 1. The Morgan fingerprint density at radius 2 is 1.95 bits per heavy atom. The smallest absolute Gasteiger partial charge is 0.335 e. The zero-order valence-electron chi connectivity index (χ0n) is 11.9. The van der Waals surface area contributed by atoms with E-state index in [1.807, 2.05) is 30.3 Å². The number of ether oxygens (including phenoxy) is 1. The summed E-state index contributed by atoms with van der Waals surface area (Å²) in [5, 5.41) is 16.0. The summed E-state index contributed by atoms with van der Waals surface area (Å²) in [6.45, 7) is 0. The molecule has 3 rings (SSSR count). The van der Waals surface area contributed by atoms with Gasteiger partial charge < -0.3 is 9.84 Å². The van der Waals surface area contributed by atoms with Gasteiger partial charge >= 0.3 is 5.97 Å². The number of hydrogen-bond acceptors (Lipinski definition) is 3. The van der Waals surface area contributed by atoms with Gasteiger partial charge in [0, 0.05) is 17.3 Å². The minimum atomic E-state index is -0.964. The Morgan fingerprint density at radius 1 is 1.14 bits per heavy atom. The van der Waals surface area contributed by atoms with Crippen molar-refractivity contribution in [3.05, 3.63) is 60.3 Å². The van der Waals surface area contributed by atoms with Gasteiger partial charge in [0.15, 0.2) is 0 Å². The molecule has 1 heterocycles. The van der Waals surface area contributed by atoms with E-state index < -0.39 is 5.97 Å². The number of aromatic nitrogens is 2. The SMILES string of the molecule is COc1ccc(C(=O)O)cc1-c1cccc(-c2ccn[nH]2)c1. The van der Waals surface area contributed by atoms with E-state index >= 15 is 0 Å². The lowest BCUT2D eigenvalue weighted by Crippen LogP contribution is -1.98. The molecule has 2 N–H and O–H groups in total. The quantitative estimate of drug-likeness (QED) is 0.772. The van der Waals surface area contributed by atoms with Gasteiger partial charge in [-0.05, 0) is 35.9 Å². The molecule has 3 aromatic rings. The number of carbonyl (C=O) groups is 1. The number of methoxy groups -OCH3 is 1. The van der Waals surface area contributed by atoms with Crippen LogP contribution in [0.2, 0.25) is 0 Å². The minimum absolute atomic E-state index is 0.225. The third kappa shape index (κ3) is 2.56. The first-order valence-corrected chi connectivity index (χ1v) is 6.70. The lowest BCUT2D eigenvalue weighted by atomic mass is 9.99. The Balaban J connectivity index is 2.12. The van der Waals surface area contributed by atoms with Crippen LogP contribution in [-0.4, -0.2) is 28.4 Å². The zero-order chi connectivity index (χ0) is 15.5. The molecule has 22 heavy (non-hydrogen) atoms. The second-order valence-corrected chi connectivity index (χ2v) is 4.77. The van der Waals surface area contributed by atoms with Crippen LogP contribution in [0.5, 0.6) is 5.75 Å². The maximum Gasteiger partial charge on any atom is 0.335 e. The summed E-state index contributed by atoms with van der Waals surface area (Å²) in [6, 6.07) is 14.5. The number of rotatable bonds is 4. The van der Waals surface area contributed by atoms with Crippen LogP contribution in [0.15, 0.2) is 54.7 Å². The van der Waals surface area contributed by atoms with Gasteiger partial charge in [0.25, 0.3) is 0 Å². The molecule has 0 radical (unpaired) electrons. The highest BCUT2D eigenvalue weighted by Gasteiger charge is 2.11. The minimum Gasteiger partial charge on any atom is -0.496 e. The van der Waals surface area contributed by atoms with Gasteiger partial charge in [-0.25, -0.2) is 4.79 Å². The third-order valence-corrected chi connectivity index (χ3v) is 3.43. The molecule has 5 heteroatoms. The van der Waals surface area contributed by atoms with Crippen molar-refractivity contribution in [2.75, 3.05) is 7.11 Å². The second-order valence-electron chi connectivity index (χ2n) is 4.77. The molecule has 0 aliphatic heterocycles. The van der Waals surface area contributed by atoms with Crippen molar-refractivity contribution in [1.29, 1.82) is 0 Å². The molecule has 0 aliphatic rings. The maximum absolute atomic E-state index is 11.2. The van der Waals surface area contributed by atoms with Crippen molar-refractivity contribution in [1.82, 2.24) is 10.2 Å². The molecule has 0 amide bonds. The molecule has 0 saturated heterocycles. The molecule has 0 atom stereocenters. The number of H-pyrrole nitrogens is 1. The monoisotopic (exact) mass is 294 g/mol.